The van der Waals surface area contributed by atoms with Crippen LogP contribution in [0.15, 0.2) is 38.3 Å². The summed E-state index contributed by atoms with van der Waals surface area (Å²) in [5.41, 5.74) is 3.86. The maximum absolute atomic E-state index is 5.22. The van der Waals surface area contributed by atoms with Gasteiger partial charge in [0.25, 0.3) is 0 Å². The summed E-state index contributed by atoms with van der Waals surface area (Å²) in [5, 5.41) is 10.9. The predicted molar refractivity (Wildman–Crippen MR) is 124 cm³/mol. The van der Waals surface area contributed by atoms with E-state index >= 15 is 0 Å². The Bertz CT molecular complexity index is 767. The molecule has 1 aliphatic carbocycles. The molecule has 0 bridgehead atoms. The van der Waals surface area contributed by atoms with Crippen LogP contribution in [-0.2, 0) is 11.8 Å². The van der Waals surface area contributed by atoms with Crippen molar-refractivity contribution in [1.82, 2.24) is 15.8 Å². The smallest absolute Gasteiger partial charge is 0.191 e. The molecule has 148 valence electrons. The second kappa shape index (κ2) is 9.91. The van der Waals surface area contributed by atoms with E-state index in [1.54, 1.807) is 0 Å². The number of aromatic nitrogens is 1. The molecule has 2 aromatic rings. The van der Waals surface area contributed by atoms with Gasteiger partial charge in [-0.2, -0.15) is 0 Å². The first kappa shape index (κ1) is 22.2. The highest BCUT2D eigenvalue weighted by molar-refractivity contribution is 14.0. The molecule has 1 heterocycles. The number of guanidine groups is 1. The molecule has 1 aromatic carbocycles. The molecule has 0 saturated heterocycles. The Kier molecular flexibility index (Phi) is 8.15. The number of nitrogens with zero attached hydrogens (tertiary/aromatic N) is 2. The maximum atomic E-state index is 5.22. The quantitative estimate of drug-likeness (QED) is 0.232. The summed E-state index contributed by atoms with van der Waals surface area (Å²) in [4.78, 5) is 4.35. The van der Waals surface area contributed by atoms with E-state index in [0.29, 0.717) is 0 Å². The first-order valence-corrected chi connectivity index (χ1v) is 9.96. The maximum Gasteiger partial charge on any atom is 0.191 e. The standard InChI is InChI=1S/C20H27BrN4O.HI/c1-14-18(15(2)26-25-14)8-5-11-23-19(22-3)24-13-20(9-10-20)16-6-4-7-17(21)12-16;/h4,6-7,12H,5,8-11,13H2,1-3H3,(H2,22,23,24);1H. The molecule has 0 amide bonds. The van der Waals surface area contributed by atoms with E-state index in [2.05, 4.69) is 61.0 Å². The van der Waals surface area contributed by atoms with Crippen molar-refractivity contribution in [3.63, 3.8) is 0 Å². The molecule has 0 atom stereocenters. The van der Waals surface area contributed by atoms with E-state index in [4.69, 9.17) is 4.52 Å². The second-order valence-electron chi connectivity index (χ2n) is 7.05. The molecule has 1 aromatic heterocycles. The van der Waals surface area contributed by atoms with E-state index in [-0.39, 0.29) is 29.4 Å². The van der Waals surface area contributed by atoms with Gasteiger partial charge in [-0.3, -0.25) is 4.99 Å². The fraction of sp³-hybridized carbons (Fsp3) is 0.500. The second-order valence-corrected chi connectivity index (χ2v) is 7.97. The Morgan fingerprint density at radius 2 is 2.07 bits per heavy atom. The summed E-state index contributed by atoms with van der Waals surface area (Å²) >= 11 is 3.58. The summed E-state index contributed by atoms with van der Waals surface area (Å²) in [6.45, 7) is 5.75. The largest absolute Gasteiger partial charge is 0.361 e. The normalized spacial score (nSPS) is 15.2. The lowest BCUT2D eigenvalue weighted by Crippen LogP contribution is -2.41. The van der Waals surface area contributed by atoms with Crippen molar-refractivity contribution in [3.8, 4) is 0 Å². The van der Waals surface area contributed by atoms with Crippen LogP contribution in [0.2, 0.25) is 0 Å². The third kappa shape index (κ3) is 5.70. The lowest BCUT2D eigenvalue weighted by molar-refractivity contribution is 0.392. The SMILES string of the molecule is CN=C(NCCCc1c(C)noc1C)NCC1(c2cccc(Br)c2)CC1.I. The van der Waals surface area contributed by atoms with Gasteiger partial charge >= 0.3 is 0 Å². The number of hydrogen-bond acceptors (Lipinski definition) is 3. The van der Waals surface area contributed by atoms with Crippen molar-refractivity contribution < 1.29 is 4.52 Å². The zero-order chi connectivity index (χ0) is 18.6. The average Bonchev–Trinajstić information content (AvgIpc) is 3.36. The van der Waals surface area contributed by atoms with Crippen LogP contribution in [0.1, 0.15) is 41.8 Å². The van der Waals surface area contributed by atoms with E-state index < -0.39 is 0 Å². The molecule has 1 fully saturated rings. The minimum atomic E-state index is 0. The first-order valence-electron chi connectivity index (χ1n) is 9.16. The van der Waals surface area contributed by atoms with Crippen LogP contribution < -0.4 is 10.6 Å². The van der Waals surface area contributed by atoms with Gasteiger partial charge < -0.3 is 15.2 Å². The molecule has 7 heteroatoms. The van der Waals surface area contributed by atoms with E-state index in [1.807, 2.05) is 20.9 Å². The molecular weight excluding hydrogens is 519 g/mol. The third-order valence-corrected chi connectivity index (χ3v) is 5.68. The molecule has 1 aliphatic rings. The van der Waals surface area contributed by atoms with Gasteiger partial charge in [-0.15, -0.1) is 24.0 Å². The van der Waals surface area contributed by atoms with E-state index in [1.165, 1.54) is 24.0 Å². The Morgan fingerprint density at radius 1 is 1.30 bits per heavy atom. The van der Waals surface area contributed by atoms with Gasteiger partial charge in [0, 0.05) is 35.6 Å². The Morgan fingerprint density at radius 3 is 2.67 bits per heavy atom. The van der Waals surface area contributed by atoms with Gasteiger partial charge in [0.2, 0.25) is 0 Å². The lowest BCUT2D eigenvalue weighted by Gasteiger charge is -2.19. The summed E-state index contributed by atoms with van der Waals surface area (Å²) in [6, 6.07) is 8.64. The van der Waals surface area contributed by atoms with Gasteiger partial charge in [-0.25, -0.2) is 0 Å². The molecular formula is C20H28BrIN4O. The molecule has 1 saturated carbocycles. The zero-order valence-electron chi connectivity index (χ0n) is 16.1. The van der Waals surface area contributed by atoms with Crippen molar-refractivity contribution >= 4 is 45.9 Å². The molecule has 0 aliphatic heterocycles. The highest BCUT2D eigenvalue weighted by Gasteiger charge is 2.44. The van der Waals surface area contributed by atoms with Crippen molar-refractivity contribution in [1.29, 1.82) is 0 Å². The predicted octanol–water partition coefficient (Wildman–Crippen LogP) is 4.50. The van der Waals surface area contributed by atoms with Gasteiger partial charge in [-0.05, 0) is 57.2 Å². The van der Waals surface area contributed by atoms with Crippen LogP contribution in [0.3, 0.4) is 0 Å². The summed E-state index contributed by atoms with van der Waals surface area (Å²) in [5.74, 6) is 1.79. The van der Waals surface area contributed by atoms with Crippen LogP contribution in [0.25, 0.3) is 0 Å². The average molecular weight is 547 g/mol. The zero-order valence-corrected chi connectivity index (χ0v) is 20.1. The van der Waals surface area contributed by atoms with Crippen LogP contribution in [0.4, 0.5) is 0 Å². The number of benzene rings is 1. The molecule has 2 N–H and O–H groups in total. The Balaban J connectivity index is 0.00000261. The lowest BCUT2D eigenvalue weighted by atomic mass is 9.96. The first-order chi connectivity index (χ1) is 12.5. The number of halogens is 2. The molecule has 0 unspecified atom stereocenters. The van der Waals surface area contributed by atoms with Crippen LogP contribution in [0.5, 0.6) is 0 Å². The van der Waals surface area contributed by atoms with Crippen molar-refractivity contribution in [2.75, 3.05) is 20.1 Å². The van der Waals surface area contributed by atoms with Gasteiger partial charge in [-0.1, -0.05) is 33.2 Å². The monoisotopic (exact) mass is 546 g/mol. The summed E-state index contributed by atoms with van der Waals surface area (Å²) < 4.78 is 6.36. The highest BCUT2D eigenvalue weighted by atomic mass is 127. The Labute approximate surface area is 186 Å². The van der Waals surface area contributed by atoms with Crippen LogP contribution in [0, 0.1) is 13.8 Å². The summed E-state index contributed by atoms with van der Waals surface area (Å²) in [7, 11) is 1.82. The topological polar surface area (TPSA) is 62.5 Å². The minimum Gasteiger partial charge on any atom is -0.361 e. The molecule has 5 nitrogen and oxygen atoms in total. The highest BCUT2D eigenvalue weighted by Crippen LogP contribution is 2.48. The number of hydrogen-bond donors (Lipinski definition) is 2. The van der Waals surface area contributed by atoms with Crippen molar-refractivity contribution in [2.45, 2.75) is 44.9 Å². The van der Waals surface area contributed by atoms with Gasteiger partial charge in [0.05, 0.1) is 5.69 Å². The Hall–Kier alpha value is -1.09. The van der Waals surface area contributed by atoms with Crippen molar-refractivity contribution in [3.05, 3.63) is 51.3 Å². The van der Waals surface area contributed by atoms with Crippen molar-refractivity contribution in [2.24, 2.45) is 4.99 Å². The van der Waals surface area contributed by atoms with E-state index in [0.717, 1.165) is 47.8 Å². The van der Waals surface area contributed by atoms with Gasteiger partial charge in [0.1, 0.15) is 5.76 Å². The fourth-order valence-corrected chi connectivity index (χ4v) is 3.74. The molecule has 3 rings (SSSR count). The molecule has 0 radical (unpaired) electrons. The molecule has 0 spiro atoms. The fourth-order valence-electron chi connectivity index (χ4n) is 3.34. The number of nitrogens with one attached hydrogen (secondary N) is 2. The molecule has 27 heavy (non-hydrogen) atoms. The van der Waals surface area contributed by atoms with Gasteiger partial charge in [0.15, 0.2) is 5.96 Å². The van der Waals surface area contributed by atoms with Crippen LogP contribution >= 0.6 is 39.9 Å². The summed E-state index contributed by atoms with van der Waals surface area (Å²) in [6.07, 6.45) is 4.42. The van der Waals surface area contributed by atoms with Crippen LogP contribution in [-0.4, -0.2) is 31.3 Å². The minimum absolute atomic E-state index is 0. The third-order valence-electron chi connectivity index (χ3n) is 5.19. The number of aliphatic imine (C=N–C) groups is 1. The number of aryl methyl sites for hydroxylation is 2. The number of rotatable bonds is 7. The van der Waals surface area contributed by atoms with E-state index in [9.17, 15) is 0 Å².